The Kier molecular flexibility index (Phi) is 3.71. The molecule has 0 atom stereocenters. The third-order valence-corrected chi connectivity index (χ3v) is 3.26. The first-order valence-corrected chi connectivity index (χ1v) is 6.78. The van der Waals surface area contributed by atoms with Crippen molar-refractivity contribution in [3.8, 4) is 22.6 Å². The molecule has 20 heavy (non-hydrogen) atoms. The molecule has 0 bridgehead atoms. The summed E-state index contributed by atoms with van der Waals surface area (Å²) in [6.07, 6.45) is 0. The van der Waals surface area contributed by atoms with Crippen molar-refractivity contribution in [1.29, 1.82) is 0 Å². The van der Waals surface area contributed by atoms with Crippen LogP contribution >= 0.6 is 11.6 Å². The second-order valence-electron chi connectivity index (χ2n) is 4.45. The van der Waals surface area contributed by atoms with Crippen molar-refractivity contribution in [3.05, 3.63) is 83.9 Å². The molecule has 0 fully saturated rings. The summed E-state index contributed by atoms with van der Waals surface area (Å²) in [5.41, 5.74) is 2.37. The number of ether oxygens (including phenoxy) is 1. The van der Waals surface area contributed by atoms with E-state index in [9.17, 15) is 0 Å². The van der Waals surface area contributed by atoms with Gasteiger partial charge in [-0.25, -0.2) is 0 Å². The lowest BCUT2D eigenvalue weighted by Crippen LogP contribution is -1.84. The van der Waals surface area contributed by atoms with E-state index in [0.29, 0.717) is 5.02 Å². The minimum Gasteiger partial charge on any atom is -0.457 e. The molecule has 3 rings (SSSR count). The Morgan fingerprint density at radius 2 is 1.05 bits per heavy atom. The predicted octanol–water partition coefficient (Wildman–Crippen LogP) is 5.80. The molecule has 0 aliphatic heterocycles. The third kappa shape index (κ3) is 3.01. The van der Waals surface area contributed by atoms with Crippen molar-refractivity contribution in [2.24, 2.45) is 0 Å². The fraction of sp³-hybridized carbons (Fsp3) is 0. The maximum Gasteiger partial charge on any atom is 0.127 e. The molecule has 0 aliphatic rings. The number of benzene rings is 3. The van der Waals surface area contributed by atoms with Crippen molar-refractivity contribution in [2.45, 2.75) is 0 Å². The van der Waals surface area contributed by atoms with E-state index in [4.69, 9.17) is 16.3 Å². The maximum absolute atomic E-state index is 5.85. The zero-order valence-corrected chi connectivity index (χ0v) is 11.5. The topological polar surface area (TPSA) is 9.23 Å². The Balaban J connectivity index is 1.78. The van der Waals surface area contributed by atoms with Crippen LogP contribution in [0.5, 0.6) is 11.5 Å². The lowest BCUT2D eigenvalue weighted by Gasteiger charge is -2.07. The summed E-state index contributed by atoms with van der Waals surface area (Å²) >= 11 is 5.85. The van der Waals surface area contributed by atoms with Crippen LogP contribution in [-0.4, -0.2) is 0 Å². The van der Waals surface area contributed by atoms with Gasteiger partial charge in [-0.1, -0.05) is 54.1 Å². The van der Waals surface area contributed by atoms with E-state index < -0.39 is 0 Å². The highest BCUT2D eigenvalue weighted by molar-refractivity contribution is 6.30. The number of rotatable bonds is 3. The second-order valence-corrected chi connectivity index (χ2v) is 4.88. The van der Waals surface area contributed by atoms with E-state index in [0.717, 1.165) is 11.5 Å². The van der Waals surface area contributed by atoms with Gasteiger partial charge in [0.05, 0.1) is 0 Å². The molecule has 0 aliphatic carbocycles. The minimum atomic E-state index is 0.705. The molecule has 0 N–H and O–H groups in total. The summed E-state index contributed by atoms with van der Waals surface area (Å²) in [6, 6.07) is 25.7. The van der Waals surface area contributed by atoms with Gasteiger partial charge in [0.1, 0.15) is 11.5 Å². The van der Waals surface area contributed by atoms with Crippen molar-refractivity contribution < 1.29 is 4.74 Å². The van der Waals surface area contributed by atoms with Crippen LogP contribution in [0.2, 0.25) is 5.02 Å². The lowest BCUT2D eigenvalue weighted by atomic mass is 10.1. The quantitative estimate of drug-likeness (QED) is 0.589. The zero-order valence-electron chi connectivity index (χ0n) is 10.8. The highest BCUT2D eigenvalue weighted by Gasteiger charge is 1.99. The number of hydrogen-bond donors (Lipinski definition) is 0. The molecule has 0 aromatic heterocycles. The minimum absolute atomic E-state index is 0.705. The van der Waals surface area contributed by atoms with Crippen LogP contribution in [0.15, 0.2) is 78.9 Å². The first-order valence-electron chi connectivity index (χ1n) is 6.40. The fourth-order valence-electron chi connectivity index (χ4n) is 1.98. The van der Waals surface area contributed by atoms with Gasteiger partial charge < -0.3 is 4.74 Å². The summed E-state index contributed by atoms with van der Waals surface area (Å²) in [5, 5.41) is 0.705. The normalized spacial score (nSPS) is 10.2. The molecule has 0 spiro atoms. The smallest absolute Gasteiger partial charge is 0.127 e. The van der Waals surface area contributed by atoms with Crippen LogP contribution in [0.4, 0.5) is 0 Å². The summed E-state index contributed by atoms with van der Waals surface area (Å²) in [7, 11) is 0. The molecule has 0 saturated heterocycles. The first kappa shape index (κ1) is 12.8. The van der Waals surface area contributed by atoms with Gasteiger partial charge >= 0.3 is 0 Å². The van der Waals surface area contributed by atoms with Gasteiger partial charge in [0.2, 0.25) is 0 Å². The maximum atomic E-state index is 5.85. The lowest BCUT2D eigenvalue weighted by molar-refractivity contribution is 0.483. The van der Waals surface area contributed by atoms with Crippen LogP contribution in [0, 0.1) is 0 Å². The molecule has 3 aromatic carbocycles. The van der Waals surface area contributed by atoms with Gasteiger partial charge in [-0.2, -0.15) is 0 Å². The number of halogens is 1. The highest BCUT2D eigenvalue weighted by Crippen LogP contribution is 2.26. The Morgan fingerprint density at radius 3 is 1.65 bits per heavy atom. The average Bonchev–Trinajstić information content (AvgIpc) is 2.51. The van der Waals surface area contributed by atoms with E-state index in [-0.39, 0.29) is 0 Å². The molecule has 0 radical (unpaired) electrons. The van der Waals surface area contributed by atoms with Crippen LogP contribution in [0.3, 0.4) is 0 Å². The molecule has 0 saturated carbocycles. The fourth-order valence-corrected chi connectivity index (χ4v) is 2.11. The molecule has 3 aromatic rings. The van der Waals surface area contributed by atoms with Crippen molar-refractivity contribution in [2.75, 3.05) is 0 Å². The van der Waals surface area contributed by atoms with E-state index in [1.165, 1.54) is 11.1 Å². The zero-order chi connectivity index (χ0) is 13.8. The van der Waals surface area contributed by atoms with Crippen LogP contribution in [0.25, 0.3) is 11.1 Å². The molecule has 1 nitrogen and oxygen atoms in total. The van der Waals surface area contributed by atoms with Gasteiger partial charge in [-0.3, -0.25) is 0 Å². The Hall–Kier alpha value is -2.25. The van der Waals surface area contributed by atoms with E-state index in [1.54, 1.807) is 0 Å². The monoisotopic (exact) mass is 280 g/mol. The van der Waals surface area contributed by atoms with E-state index >= 15 is 0 Å². The van der Waals surface area contributed by atoms with Crippen LogP contribution in [-0.2, 0) is 0 Å². The second kappa shape index (κ2) is 5.81. The molecule has 0 unspecified atom stereocenters. The standard InChI is InChI=1S/C18H13ClO/c19-16-8-12-18(13-9-16)20-17-10-6-15(7-11-17)14-4-2-1-3-5-14/h1-13H. The first-order chi connectivity index (χ1) is 9.81. The predicted molar refractivity (Wildman–Crippen MR) is 83.4 cm³/mol. The molecular formula is C18H13ClO. The number of hydrogen-bond acceptors (Lipinski definition) is 1. The largest absolute Gasteiger partial charge is 0.457 e. The van der Waals surface area contributed by atoms with Gasteiger partial charge in [0, 0.05) is 5.02 Å². The molecule has 0 amide bonds. The molecule has 2 heteroatoms. The summed E-state index contributed by atoms with van der Waals surface area (Å²) in [5.74, 6) is 1.59. The average molecular weight is 281 g/mol. The van der Waals surface area contributed by atoms with Gasteiger partial charge in [-0.15, -0.1) is 0 Å². The van der Waals surface area contributed by atoms with Crippen LogP contribution < -0.4 is 4.74 Å². The molecule has 98 valence electrons. The van der Waals surface area contributed by atoms with Crippen molar-refractivity contribution in [3.63, 3.8) is 0 Å². The Labute approximate surface area is 123 Å². The molecular weight excluding hydrogens is 268 g/mol. The van der Waals surface area contributed by atoms with Gasteiger partial charge in [0.15, 0.2) is 0 Å². The van der Waals surface area contributed by atoms with E-state index in [2.05, 4.69) is 24.3 Å². The molecule has 0 heterocycles. The Bertz CT molecular complexity index is 673. The Morgan fingerprint density at radius 1 is 0.550 bits per heavy atom. The van der Waals surface area contributed by atoms with Gasteiger partial charge in [-0.05, 0) is 47.5 Å². The van der Waals surface area contributed by atoms with Gasteiger partial charge in [0.25, 0.3) is 0 Å². The van der Waals surface area contributed by atoms with Crippen molar-refractivity contribution >= 4 is 11.6 Å². The summed E-state index contributed by atoms with van der Waals surface area (Å²) in [4.78, 5) is 0. The highest BCUT2D eigenvalue weighted by atomic mass is 35.5. The van der Waals surface area contributed by atoms with Crippen LogP contribution in [0.1, 0.15) is 0 Å². The summed E-state index contributed by atoms with van der Waals surface area (Å²) < 4.78 is 5.77. The third-order valence-electron chi connectivity index (χ3n) is 3.01. The van der Waals surface area contributed by atoms with E-state index in [1.807, 2.05) is 54.6 Å². The van der Waals surface area contributed by atoms with Crippen molar-refractivity contribution in [1.82, 2.24) is 0 Å². The summed E-state index contributed by atoms with van der Waals surface area (Å²) in [6.45, 7) is 0. The SMILES string of the molecule is Clc1ccc(Oc2ccc(-c3ccccc3)cc2)cc1.